The molecule has 0 spiro atoms. The minimum atomic E-state index is -3.52. The first-order valence-corrected chi connectivity index (χ1v) is 10.1. The first kappa shape index (κ1) is 20.2. The predicted molar refractivity (Wildman–Crippen MR) is 99.2 cm³/mol. The fourth-order valence-electron chi connectivity index (χ4n) is 3.42. The zero-order valence-electron chi connectivity index (χ0n) is 14.2. The summed E-state index contributed by atoms with van der Waals surface area (Å²) in [6.45, 7) is 2.38. The van der Waals surface area contributed by atoms with E-state index in [1.807, 2.05) is 0 Å². The van der Waals surface area contributed by atoms with Crippen molar-refractivity contribution in [1.82, 2.24) is 14.9 Å². The molecule has 0 radical (unpaired) electrons. The minimum Gasteiger partial charge on any atom is -0.354 e. The highest BCUT2D eigenvalue weighted by Crippen LogP contribution is 2.23. The Bertz CT molecular complexity index is 663. The third kappa shape index (κ3) is 4.94. The average Bonchev–Trinajstić information content (AvgIpc) is 3.14. The van der Waals surface area contributed by atoms with Crippen LogP contribution in [-0.4, -0.2) is 50.9 Å². The second kappa shape index (κ2) is 8.98. The third-order valence-corrected chi connectivity index (χ3v) is 6.70. The summed E-state index contributed by atoms with van der Waals surface area (Å²) in [6.07, 6.45) is 3.68. The van der Waals surface area contributed by atoms with Gasteiger partial charge < -0.3 is 10.6 Å². The van der Waals surface area contributed by atoms with Crippen LogP contribution in [0, 0.1) is 5.92 Å². The van der Waals surface area contributed by atoms with Gasteiger partial charge in [0, 0.05) is 25.7 Å². The molecule has 0 bridgehead atoms. The van der Waals surface area contributed by atoms with Crippen molar-refractivity contribution in [2.24, 2.45) is 5.92 Å². The number of amides is 1. The van der Waals surface area contributed by atoms with Crippen LogP contribution in [0.1, 0.15) is 25.7 Å². The third-order valence-electron chi connectivity index (χ3n) is 4.82. The Morgan fingerprint density at radius 1 is 1.20 bits per heavy atom. The molecule has 6 nitrogen and oxygen atoms in total. The van der Waals surface area contributed by atoms with Crippen molar-refractivity contribution < 1.29 is 13.2 Å². The Morgan fingerprint density at radius 2 is 1.96 bits per heavy atom. The largest absolute Gasteiger partial charge is 0.354 e. The van der Waals surface area contributed by atoms with Crippen LogP contribution < -0.4 is 10.6 Å². The van der Waals surface area contributed by atoms with E-state index in [1.54, 1.807) is 30.3 Å². The van der Waals surface area contributed by atoms with Gasteiger partial charge in [0.25, 0.3) is 0 Å². The molecule has 2 heterocycles. The molecule has 0 aromatic heterocycles. The lowest BCUT2D eigenvalue weighted by molar-refractivity contribution is -0.126. The number of hydrogen-bond acceptors (Lipinski definition) is 4. The van der Waals surface area contributed by atoms with Crippen LogP contribution in [0.15, 0.2) is 35.2 Å². The van der Waals surface area contributed by atoms with Crippen LogP contribution in [0.4, 0.5) is 0 Å². The molecule has 2 fully saturated rings. The molecule has 8 heteroatoms. The highest BCUT2D eigenvalue weighted by molar-refractivity contribution is 7.89. The Kier molecular flexibility index (Phi) is 7.25. The number of nitrogens with zero attached hydrogens (tertiary/aromatic N) is 1. The Labute approximate surface area is 155 Å². The maximum absolute atomic E-state index is 12.7. The van der Waals surface area contributed by atoms with E-state index < -0.39 is 10.0 Å². The standard InChI is InChI=1S/C17H25N3O3S.ClH/c21-17(19-12-15-7-4-10-18-15)14-6-5-11-20(13-14)24(22,23)16-8-2-1-3-9-16;/h1-3,8-9,14-15,18H,4-7,10-13H2,(H,19,21);1H. The first-order chi connectivity index (χ1) is 11.6. The van der Waals surface area contributed by atoms with Gasteiger partial charge in [0.15, 0.2) is 0 Å². The van der Waals surface area contributed by atoms with Crippen LogP contribution in [0.3, 0.4) is 0 Å². The molecule has 140 valence electrons. The van der Waals surface area contributed by atoms with Crippen LogP contribution in [0.2, 0.25) is 0 Å². The van der Waals surface area contributed by atoms with Gasteiger partial charge in [-0.25, -0.2) is 8.42 Å². The SMILES string of the molecule is Cl.O=C(NCC1CCCN1)C1CCCN(S(=O)(=O)c2ccccc2)C1. The maximum atomic E-state index is 12.7. The average molecular weight is 388 g/mol. The molecule has 25 heavy (non-hydrogen) atoms. The zero-order valence-corrected chi connectivity index (χ0v) is 15.8. The maximum Gasteiger partial charge on any atom is 0.243 e. The van der Waals surface area contributed by atoms with Crippen molar-refractivity contribution in [3.05, 3.63) is 30.3 Å². The van der Waals surface area contributed by atoms with Crippen LogP contribution >= 0.6 is 12.4 Å². The summed E-state index contributed by atoms with van der Waals surface area (Å²) in [5.74, 6) is -0.296. The van der Waals surface area contributed by atoms with Crippen molar-refractivity contribution >= 4 is 28.3 Å². The number of rotatable bonds is 5. The van der Waals surface area contributed by atoms with Gasteiger partial charge in [-0.05, 0) is 44.4 Å². The Balaban J connectivity index is 0.00000225. The van der Waals surface area contributed by atoms with Crippen molar-refractivity contribution in [1.29, 1.82) is 0 Å². The van der Waals surface area contributed by atoms with Gasteiger partial charge in [-0.3, -0.25) is 4.79 Å². The number of carbonyl (C=O) groups is 1. The lowest BCUT2D eigenvalue weighted by atomic mass is 9.98. The summed E-state index contributed by atoms with van der Waals surface area (Å²) in [5.41, 5.74) is 0. The van der Waals surface area contributed by atoms with E-state index in [2.05, 4.69) is 10.6 Å². The summed E-state index contributed by atoms with van der Waals surface area (Å²) in [7, 11) is -3.52. The number of carbonyl (C=O) groups excluding carboxylic acids is 1. The molecule has 0 aliphatic carbocycles. The molecule has 2 aliphatic rings. The molecule has 1 amide bonds. The van der Waals surface area contributed by atoms with Gasteiger partial charge in [-0.2, -0.15) is 4.31 Å². The summed E-state index contributed by atoms with van der Waals surface area (Å²) in [5, 5.41) is 6.33. The molecule has 1 aromatic carbocycles. The van der Waals surface area contributed by atoms with Gasteiger partial charge >= 0.3 is 0 Å². The summed E-state index contributed by atoms with van der Waals surface area (Å²) < 4.78 is 26.9. The number of hydrogen-bond donors (Lipinski definition) is 2. The molecule has 3 rings (SSSR count). The molecule has 2 saturated heterocycles. The van der Waals surface area contributed by atoms with Crippen LogP contribution in [-0.2, 0) is 14.8 Å². The minimum absolute atomic E-state index is 0. The lowest BCUT2D eigenvalue weighted by Crippen LogP contribution is -2.47. The summed E-state index contributed by atoms with van der Waals surface area (Å²) in [6, 6.07) is 8.78. The highest BCUT2D eigenvalue weighted by Gasteiger charge is 2.33. The van der Waals surface area contributed by atoms with Crippen molar-refractivity contribution in [3.63, 3.8) is 0 Å². The second-order valence-electron chi connectivity index (χ2n) is 6.55. The van der Waals surface area contributed by atoms with Gasteiger partial charge in [-0.15, -0.1) is 12.4 Å². The fourth-order valence-corrected chi connectivity index (χ4v) is 4.96. The molecule has 2 aliphatic heterocycles. The van der Waals surface area contributed by atoms with Gasteiger partial charge in [0.2, 0.25) is 15.9 Å². The molecular weight excluding hydrogens is 362 g/mol. The van der Waals surface area contributed by atoms with E-state index in [0.29, 0.717) is 30.4 Å². The predicted octanol–water partition coefficient (Wildman–Crippen LogP) is 1.38. The van der Waals surface area contributed by atoms with E-state index in [4.69, 9.17) is 0 Å². The fraction of sp³-hybridized carbons (Fsp3) is 0.588. The van der Waals surface area contributed by atoms with Crippen molar-refractivity contribution in [2.75, 3.05) is 26.2 Å². The summed E-state index contributed by atoms with van der Waals surface area (Å²) >= 11 is 0. The smallest absolute Gasteiger partial charge is 0.243 e. The second-order valence-corrected chi connectivity index (χ2v) is 8.49. The van der Waals surface area contributed by atoms with E-state index in [0.717, 1.165) is 25.8 Å². The van der Waals surface area contributed by atoms with E-state index in [1.165, 1.54) is 4.31 Å². The van der Waals surface area contributed by atoms with Gasteiger partial charge in [0.1, 0.15) is 0 Å². The van der Waals surface area contributed by atoms with Crippen LogP contribution in [0.5, 0.6) is 0 Å². The monoisotopic (exact) mass is 387 g/mol. The molecule has 1 aromatic rings. The zero-order chi connectivity index (χ0) is 17.0. The van der Waals surface area contributed by atoms with Gasteiger partial charge in [0.05, 0.1) is 10.8 Å². The molecular formula is C17H26ClN3O3S. The lowest BCUT2D eigenvalue weighted by Gasteiger charge is -2.31. The van der Waals surface area contributed by atoms with E-state index in [-0.39, 0.29) is 30.8 Å². The molecule has 2 atom stereocenters. The number of nitrogens with one attached hydrogen (secondary N) is 2. The molecule has 2 unspecified atom stereocenters. The van der Waals surface area contributed by atoms with Crippen molar-refractivity contribution in [3.8, 4) is 0 Å². The topological polar surface area (TPSA) is 78.5 Å². The Morgan fingerprint density at radius 3 is 2.64 bits per heavy atom. The molecule has 0 saturated carbocycles. The van der Waals surface area contributed by atoms with Crippen LogP contribution in [0.25, 0.3) is 0 Å². The number of halogens is 1. The van der Waals surface area contributed by atoms with E-state index in [9.17, 15) is 13.2 Å². The number of sulfonamides is 1. The quantitative estimate of drug-likeness (QED) is 0.800. The molecule has 2 N–H and O–H groups in total. The highest BCUT2D eigenvalue weighted by atomic mass is 35.5. The van der Waals surface area contributed by atoms with E-state index >= 15 is 0 Å². The number of piperidine rings is 1. The summed E-state index contributed by atoms with van der Waals surface area (Å²) in [4.78, 5) is 12.7. The number of benzene rings is 1. The normalized spacial score (nSPS) is 24.5. The van der Waals surface area contributed by atoms with Gasteiger partial charge in [-0.1, -0.05) is 18.2 Å². The first-order valence-electron chi connectivity index (χ1n) is 8.63. The Hall–Kier alpha value is -1.15. The van der Waals surface area contributed by atoms with Crippen molar-refractivity contribution in [2.45, 2.75) is 36.6 Å².